The van der Waals surface area contributed by atoms with Gasteiger partial charge < -0.3 is 15.2 Å². The van der Waals surface area contributed by atoms with Gasteiger partial charge in [-0.2, -0.15) is 0 Å². The van der Waals surface area contributed by atoms with Crippen LogP contribution in [0.3, 0.4) is 0 Å². The van der Waals surface area contributed by atoms with E-state index >= 15 is 0 Å². The van der Waals surface area contributed by atoms with Crippen LogP contribution >= 0.6 is 0 Å². The Morgan fingerprint density at radius 1 is 1.75 bits per heavy atom. The predicted molar refractivity (Wildman–Crippen MR) is 40.6 cm³/mol. The number of imidazole rings is 1. The predicted octanol–water partition coefficient (Wildman–Crippen LogP) is 0.680. The topological polar surface area (TPSA) is 92.0 Å². The number of nitro groups is 1. The molecule has 0 aliphatic rings. The first kappa shape index (κ1) is 8.66. The van der Waals surface area contributed by atoms with E-state index in [-0.39, 0.29) is 5.95 Å². The first-order valence-electron chi connectivity index (χ1n) is 3.41. The molecule has 0 aliphatic carbocycles. The van der Waals surface area contributed by atoms with Crippen molar-refractivity contribution in [2.75, 3.05) is 0 Å². The van der Waals surface area contributed by atoms with Crippen molar-refractivity contribution in [2.24, 2.45) is 0 Å². The number of aryl methyl sites for hydroxylation is 1. The van der Waals surface area contributed by atoms with E-state index in [0.29, 0.717) is 11.4 Å². The second kappa shape index (κ2) is 2.90. The van der Waals surface area contributed by atoms with Gasteiger partial charge in [0.2, 0.25) is 0 Å². The quantitative estimate of drug-likeness (QED) is 0.505. The van der Waals surface area contributed by atoms with Crippen molar-refractivity contribution in [1.29, 1.82) is 0 Å². The maximum atomic E-state index is 10.2. The van der Waals surface area contributed by atoms with Gasteiger partial charge in [0.1, 0.15) is 11.8 Å². The molecular weight excluding hydrogens is 162 g/mol. The van der Waals surface area contributed by atoms with Gasteiger partial charge in [-0.25, -0.2) is 4.98 Å². The van der Waals surface area contributed by atoms with Gasteiger partial charge in [-0.1, -0.05) is 4.98 Å². The summed E-state index contributed by atoms with van der Waals surface area (Å²) in [4.78, 5) is 15.7. The summed E-state index contributed by atoms with van der Waals surface area (Å²) in [5.41, 5.74) is 0.846. The summed E-state index contributed by atoms with van der Waals surface area (Å²) < 4.78 is 0. The minimum atomic E-state index is -0.782. The summed E-state index contributed by atoms with van der Waals surface area (Å²) in [6.45, 7) is 3.13. The Labute approximate surface area is 68.4 Å². The lowest BCUT2D eigenvalue weighted by Gasteiger charge is -1.93. The minimum absolute atomic E-state index is 0.321. The van der Waals surface area contributed by atoms with Crippen LogP contribution in [0.25, 0.3) is 0 Å². The molecule has 0 amide bonds. The fraction of sp³-hybridized carbons (Fsp3) is 0.500. The molecule has 1 unspecified atom stereocenters. The Balaban J connectivity index is 3.09. The highest BCUT2D eigenvalue weighted by atomic mass is 16.6. The Morgan fingerprint density at radius 2 is 2.33 bits per heavy atom. The zero-order valence-electron chi connectivity index (χ0n) is 6.74. The van der Waals surface area contributed by atoms with E-state index in [1.807, 2.05) is 0 Å². The number of hydrogen-bond acceptors (Lipinski definition) is 4. The van der Waals surface area contributed by atoms with Gasteiger partial charge in [0.25, 0.3) is 0 Å². The van der Waals surface area contributed by atoms with Crippen LogP contribution in [0, 0.1) is 17.0 Å². The van der Waals surface area contributed by atoms with E-state index in [1.54, 1.807) is 6.92 Å². The van der Waals surface area contributed by atoms with Gasteiger partial charge >= 0.3 is 5.95 Å². The van der Waals surface area contributed by atoms with Crippen LogP contribution in [-0.4, -0.2) is 20.0 Å². The van der Waals surface area contributed by atoms with Crippen molar-refractivity contribution in [3.8, 4) is 0 Å². The molecule has 6 heteroatoms. The standard InChI is InChI=1S/C6H9N3O3/c1-3-5(4(2)10)8-6(7-3)9(11)12/h4,10H,1-2H3,(H,7,8). The molecule has 0 spiro atoms. The molecule has 1 heterocycles. The Hall–Kier alpha value is -1.43. The van der Waals surface area contributed by atoms with Gasteiger partial charge in [0, 0.05) is 0 Å². The number of nitrogens with zero attached hydrogens (tertiary/aromatic N) is 2. The number of aromatic nitrogens is 2. The van der Waals surface area contributed by atoms with Crippen LogP contribution in [0.2, 0.25) is 0 Å². The molecule has 0 saturated heterocycles. The molecule has 2 N–H and O–H groups in total. The number of aliphatic hydroxyl groups is 1. The highest BCUT2D eigenvalue weighted by molar-refractivity contribution is 5.21. The second-order valence-corrected chi connectivity index (χ2v) is 2.50. The monoisotopic (exact) mass is 171 g/mol. The summed E-state index contributed by atoms with van der Waals surface area (Å²) in [7, 11) is 0. The average Bonchev–Trinajstić information content (AvgIpc) is 2.30. The maximum absolute atomic E-state index is 10.2. The molecule has 0 aliphatic heterocycles. The maximum Gasteiger partial charge on any atom is 0.432 e. The average molecular weight is 171 g/mol. The van der Waals surface area contributed by atoms with Crippen LogP contribution in [0.1, 0.15) is 24.4 Å². The molecule has 1 aromatic heterocycles. The van der Waals surface area contributed by atoms with Gasteiger partial charge in [0.05, 0.1) is 0 Å². The summed E-state index contributed by atoms with van der Waals surface area (Å²) >= 11 is 0. The van der Waals surface area contributed by atoms with Crippen molar-refractivity contribution < 1.29 is 10.0 Å². The van der Waals surface area contributed by atoms with E-state index < -0.39 is 11.0 Å². The van der Waals surface area contributed by atoms with Gasteiger partial charge in [0.15, 0.2) is 5.69 Å². The molecule has 0 aromatic carbocycles. The summed E-state index contributed by atoms with van der Waals surface area (Å²) in [5.74, 6) is -0.330. The summed E-state index contributed by atoms with van der Waals surface area (Å²) in [6, 6.07) is 0. The highest BCUT2D eigenvalue weighted by Crippen LogP contribution is 2.17. The lowest BCUT2D eigenvalue weighted by molar-refractivity contribution is -0.393. The van der Waals surface area contributed by atoms with Crippen molar-refractivity contribution in [1.82, 2.24) is 9.97 Å². The third-order valence-electron chi connectivity index (χ3n) is 1.48. The Kier molecular flexibility index (Phi) is 2.09. The molecule has 1 rings (SSSR count). The first-order chi connectivity index (χ1) is 5.52. The SMILES string of the molecule is Cc1[nH]c([N+](=O)[O-])nc1C(C)O. The fourth-order valence-corrected chi connectivity index (χ4v) is 0.951. The molecular formula is C6H9N3O3. The normalized spacial score (nSPS) is 12.9. The van der Waals surface area contributed by atoms with Crippen LogP contribution in [0.4, 0.5) is 5.95 Å². The van der Waals surface area contributed by atoms with Crippen molar-refractivity contribution in [2.45, 2.75) is 20.0 Å². The number of aliphatic hydroxyl groups excluding tert-OH is 1. The lowest BCUT2D eigenvalue weighted by Crippen LogP contribution is -1.94. The van der Waals surface area contributed by atoms with Crippen LogP contribution < -0.4 is 0 Å². The van der Waals surface area contributed by atoms with E-state index in [4.69, 9.17) is 5.11 Å². The Bertz CT molecular complexity index is 305. The van der Waals surface area contributed by atoms with Crippen LogP contribution in [-0.2, 0) is 0 Å². The van der Waals surface area contributed by atoms with E-state index in [0.717, 1.165) is 0 Å². The lowest BCUT2D eigenvalue weighted by atomic mass is 10.2. The number of H-pyrrole nitrogens is 1. The van der Waals surface area contributed by atoms with Gasteiger partial charge in [-0.3, -0.25) is 0 Å². The molecule has 12 heavy (non-hydrogen) atoms. The van der Waals surface area contributed by atoms with Gasteiger partial charge in [-0.05, 0) is 18.8 Å². The minimum Gasteiger partial charge on any atom is -0.390 e. The molecule has 0 fully saturated rings. The number of nitrogens with one attached hydrogen (secondary N) is 1. The molecule has 0 radical (unpaired) electrons. The van der Waals surface area contributed by atoms with E-state index in [1.165, 1.54) is 6.92 Å². The van der Waals surface area contributed by atoms with Crippen LogP contribution in [0.5, 0.6) is 0 Å². The summed E-state index contributed by atoms with van der Waals surface area (Å²) in [6.07, 6.45) is -0.782. The molecule has 6 nitrogen and oxygen atoms in total. The van der Waals surface area contributed by atoms with Crippen molar-refractivity contribution in [3.05, 3.63) is 21.5 Å². The zero-order chi connectivity index (χ0) is 9.30. The zero-order valence-corrected chi connectivity index (χ0v) is 6.74. The van der Waals surface area contributed by atoms with Crippen molar-refractivity contribution in [3.63, 3.8) is 0 Å². The van der Waals surface area contributed by atoms with Crippen molar-refractivity contribution >= 4 is 5.95 Å². The molecule has 66 valence electrons. The number of hydrogen-bond donors (Lipinski definition) is 2. The molecule has 0 saturated carbocycles. The van der Waals surface area contributed by atoms with E-state index in [2.05, 4.69) is 9.97 Å². The largest absolute Gasteiger partial charge is 0.432 e. The smallest absolute Gasteiger partial charge is 0.390 e. The van der Waals surface area contributed by atoms with E-state index in [9.17, 15) is 10.1 Å². The third kappa shape index (κ3) is 1.42. The van der Waals surface area contributed by atoms with Gasteiger partial charge in [-0.15, -0.1) is 0 Å². The Morgan fingerprint density at radius 3 is 2.58 bits per heavy atom. The first-order valence-corrected chi connectivity index (χ1v) is 3.41. The molecule has 1 aromatic rings. The highest BCUT2D eigenvalue weighted by Gasteiger charge is 2.19. The van der Waals surface area contributed by atoms with Crippen LogP contribution in [0.15, 0.2) is 0 Å². The number of rotatable bonds is 2. The number of aromatic amines is 1. The third-order valence-corrected chi connectivity index (χ3v) is 1.48. The molecule has 0 bridgehead atoms. The fourth-order valence-electron chi connectivity index (χ4n) is 0.951. The molecule has 1 atom stereocenters. The second-order valence-electron chi connectivity index (χ2n) is 2.50. The summed E-state index contributed by atoms with van der Waals surface area (Å²) in [5, 5.41) is 19.3.